The maximum atomic E-state index is 11.2. The number of rotatable bonds is 8. The topological polar surface area (TPSA) is 64.3 Å². The predicted octanol–water partition coefficient (Wildman–Crippen LogP) is 0.903. The summed E-state index contributed by atoms with van der Waals surface area (Å²) >= 11 is 0. The lowest BCUT2D eigenvalue weighted by molar-refractivity contribution is -0.122. The van der Waals surface area contributed by atoms with Gasteiger partial charge < -0.3 is 15.8 Å². The SMILES string of the molecule is CC(C)CC(C)OCCC(=O)NCCN. The normalized spacial score (nSPS) is 12.9. The molecule has 0 aromatic rings. The fourth-order valence-corrected chi connectivity index (χ4v) is 1.38. The molecule has 0 heterocycles. The van der Waals surface area contributed by atoms with Crippen LogP contribution in [-0.2, 0) is 9.53 Å². The summed E-state index contributed by atoms with van der Waals surface area (Å²) in [5.41, 5.74) is 5.26. The van der Waals surface area contributed by atoms with Gasteiger partial charge in [-0.2, -0.15) is 0 Å². The van der Waals surface area contributed by atoms with Gasteiger partial charge in [0.25, 0.3) is 0 Å². The van der Waals surface area contributed by atoms with E-state index in [9.17, 15) is 4.79 Å². The van der Waals surface area contributed by atoms with Gasteiger partial charge in [0.15, 0.2) is 0 Å². The number of carbonyl (C=O) groups excluding carboxylic acids is 1. The van der Waals surface area contributed by atoms with Crippen LogP contribution in [0, 0.1) is 5.92 Å². The van der Waals surface area contributed by atoms with E-state index in [1.54, 1.807) is 0 Å². The van der Waals surface area contributed by atoms with E-state index < -0.39 is 0 Å². The second-order valence-corrected chi connectivity index (χ2v) is 4.20. The monoisotopic (exact) mass is 216 g/mol. The summed E-state index contributed by atoms with van der Waals surface area (Å²) in [4.78, 5) is 11.2. The fraction of sp³-hybridized carbons (Fsp3) is 0.909. The van der Waals surface area contributed by atoms with Gasteiger partial charge >= 0.3 is 0 Å². The number of hydrogen-bond donors (Lipinski definition) is 2. The van der Waals surface area contributed by atoms with Crippen molar-refractivity contribution in [1.29, 1.82) is 0 Å². The molecule has 4 nitrogen and oxygen atoms in total. The van der Waals surface area contributed by atoms with Gasteiger partial charge in [0.1, 0.15) is 0 Å². The molecular formula is C11H24N2O2. The zero-order valence-electron chi connectivity index (χ0n) is 10.1. The van der Waals surface area contributed by atoms with Crippen molar-refractivity contribution in [2.75, 3.05) is 19.7 Å². The highest BCUT2D eigenvalue weighted by atomic mass is 16.5. The maximum absolute atomic E-state index is 11.2. The molecule has 1 unspecified atom stereocenters. The number of nitrogens with two attached hydrogens (primary N) is 1. The van der Waals surface area contributed by atoms with Gasteiger partial charge in [-0.25, -0.2) is 0 Å². The van der Waals surface area contributed by atoms with Gasteiger partial charge in [-0.15, -0.1) is 0 Å². The quantitative estimate of drug-likeness (QED) is 0.633. The van der Waals surface area contributed by atoms with Crippen LogP contribution in [0.3, 0.4) is 0 Å². The first-order valence-corrected chi connectivity index (χ1v) is 5.64. The van der Waals surface area contributed by atoms with Gasteiger partial charge in [-0.05, 0) is 19.3 Å². The molecule has 0 saturated heterocycles. The lowest BCUT2D eigenvalue weighted by Crippen LogP contribution is -2.30. The Morgan fingerprint density at radius 2 is 2.07 bits per heavy atom. The van der Waals surface area contributed by atoms with Crippen molar-refractivity contribution < 1.29 is 9.53 Å². The average Bonchev–Trinajstić information content (AvgIpc) is 2.13. The second-order valence-electron chi connectivity index (χ2n) is 4.20. The van der Waals surface area contributed by atoms with Crippen LogP contribution in [0.2, 0.25) is 0 Å². The summed E-state index contributed by atoms with van der Waals surface area (Å²) in [7, 11) is 0. The molecule has 3 N–H and O–H groups in total. The molecule has 0 aromatic heterocycles. The van der Waals surface area contributed by atoms with Crippen LogP contribution in [0.15, 0.2) is 0 Å². The average molecular weight is 216 g/mol. The van der Waals surface area contributed by atoms with Crippen LogP contribution < -0.4 is 11.1 Å². The zero-order chi connectivity index (χ0) is 11.7. The third-order valence-corrected chi connectivity index (χ3v) is 2.00. The zero-order valence-corrected chi connectivity index (χ0v) is 10.1. The minimum atomic E-state index is 0.0113. The smallest absolute Gasteiger partial charge is 0.222 e. The van der Waals surface area contributed by atoms with E-state index in [2.05, 4.69) is 19.2 Å². The fourth-order valence-electron chi connectivity index (χ4n) is 1.38. The van der Waals surface area contributed by atoms with Gasteiger partial charge in [0, 0.05) is 19.5 Å². The van der Waals surface area contributed by atoms with Crippen molar-refractivity contribution in [3.63, 3.8) is 0 Å². The summed E-state index contributed by atoms with van der Waals surface area (Å²) in [5.74, 6) is 0.642. The molecule has 15 heavy (non-hydrogen) atoms. The molecule has 90 valence electrons. The Hall–Kier alpha value is -0.610. The van der Waals surface area contributed by atoms with E-state index in [-0.39, 0.29) is 12.0 Å². The third kappa shape index (κ3) is 9.69. The summed E-state index contributed by atoms with van der Waals surface area (Å²) in [6, 6.07) is 0. The largest absolute Gasteiger partial charge is 0.378 e. The Bertz CT molecular complexity index is 172. The van der Waals surface area contributed by atoms with E-state index in [0.717, 1.165) is 6.42 Å². The molecule has 1 amide bonds. The molecule has 1 atom stereocenters. The molecule has 0 aliphatic rings. The van der Waals surface area contributed by atoms with Crippen LogP contribution in [0.25, 0.3) is 0 Å². The van der Waals surface area contributed by atoms with E-state index in [1.165, 1.54) is 0 Å². The maximum Gasteiger partial charge on any atom is 0.222 e. The van der Waals surface area contributed by atoms with E-state index >= 15 is 0 Å². The predicted molar refractivity (Wildman–Crippen MR) is 61.6 cm³/mol. The Labute approximate surface area is 92.6 Å². The lowest BCUT2D eigenvalue weighted by Gasteiger charge is -2.14. The first-order valence-electron chi connectivity index (χ1n) is 5.64. The highest BCUT2D eigenvalue weighted by molar-refractivity contribution is 5.75. The number of amides is 1. The molecule has 4 heteroatoms. The Balaban J connectivity index is 3.40. The Kier molecular flexibility index (Phi) is 8.33. The molecule has 0 radical (unpaired) electrons. The summed E-state index contributed by atoms with van der Waals surface area (Å²) in [6.07, 6.45) is 1.68. The summed E-state index contributed by atoms with van der Waals surface area (Å²) in [5, 5.41) is 2.70. The number of nitrogens with one attached hydrogen (secondary N) is 1. The Morgan fingerprint density at radius 1 is 1.40 bits per heavy atom. The van der Waals surface area contributed by atoms with Crippen LogP contribution in [0.5, 0.6) is 0 Å². The van der Waals surface area contributed by atoms with Crippen LogP contribution >= 0.6 is 0 Å². The minimum absolute atomic E-state index is 0.0113. The molecule has 0 spiro atoms. The van der Waals surface area contributed by atoms with Crippen molar-refractivity contribution in [2.45, 2.75) is 39.7 Å². The van der Waals surface area contributed by atoms with Gasteiger partial charge in [-0.1, -0.05) is 13.8 Å². The molecule has 0 aliphatic heterocycles. The second kappa shape index (κ2) is 8.68. The molecule has 0 bridgehead atoms. The van der Waals surface area contributed by atoms with Crippen LogP contribution in [0.4, 0.5) is 0 Å². The summed E-state index contributed by atoms with van der Waals surface area (Å²) < 4.78 is 5.51. The van der Waals surface area contributed by atoms with E-state index in [4.69, 9.17) is 10.5 Å². The van der Waals surface area contributed by atoms with Crippen molar-refractivity contribution in [3.05, 3.63) is 0 Å². The highest BCUT2D eigenvalue weighted by Gasteiger charge is 2.06. The third-order valence-electron chi connectivity index (χ3n) is 2.00. The van der Waals surface area contributed by atoms with Crippen LogP contribution in [-0.4, -0.2) is 31.7 Å². The number of carbonyl (C=O) groups is 1. The van der Waals surface area contributed by atoms with Crippen molar-refractivity contribution in [1.82, 2.24) is 5.32 Å². The lowest BCUT2D eigenvalue weighted by atomic mass is 10.1. The molecule has 0 aliphatic carbocycles. The first kappa shape index (κ1) is 14.4. The van der Waals surface area contributed by atoms with Crippen molar-refractivity contribution in [3.8, 4) is 0 Å². The molecule has 0 aromatic carbocycles. The molecular weight excluding hydrogens is 192 g/mol. The van der Waals surface area contributed by atoms with Gasteiger partial charge in [0.05, 0.1) is 12.7 Å². The molecule has 0 saturated carbocycles. The summed E-state index contributed by atoms with van der Waals surface area (Å²) in [6.45, 7) is 7.88. The van der Waals surface area contributed by atoms with Gasteiger partial charge in [-0.3, -0.25) is 4.79 Å². The first-order chi connectivity index (χ1) is 7.06. The van der Waals surface area contributed by atoms with Gasteiger partial charge in [0.2, 0.25) is 5.91 Å². The van der Waals surface area contributed by atoms with E-state index in [0.29, 0.717) is 32.0 Å². The standard InChI is InChI=1S/C11H24N2O2/c1-9(2)8-10(3)15-7-4-11(14)13-6-5-12/h9-10H,4-8,12H2,1-3H3,(H,13,14). The Morgan fingerprint density at radius 3 is 2.60 bits per heavy atom. The highest BCUT2D eigenvalue weighted by Crippen LogP contribution is 2.07. The minimum Gasteiger partial charge on any atom is -0.378 e. The van der Waals surface area contributed by atoms with E-state index in [1.807, 2.05) is 6.92 Å². The number of ether oxygens (including phenoxy) is 1. The number of hydrogen-bond acceptors (Lipinski definition) is 3. The van der Waals surface area contributed by atoms with Crippen molar-refractivity contribution >= 4 is 5.91 Å². The molecule has 0 rings (SSSR count). The molecule has 0 fully saturated rings. The van der Waals surface area contributed by atoms with Crippen LogP contribution in [0.1, 0.15) is 33.6 Å². The van der Waals surface area contributed by atoms with Crippen molar-refractivity contribution in [2.24, 2.45) is 11.7 Å².